The number of likely N-dealkylation sites (N-methyl/N-ethyl adjacent to an activating group) is 1. The molecule has 0 atom stereocenters. The number of benzene rings is 1. The molecule has 0 aliphatic carbocycles. The van der Waals surface area contributed by atoms with Crippen LogP contribution in [-0.4, -0.2) is 41.7 Å². The third-order valence-corrected chi connectivity index (χ3v) is 3.02. The third kappa shape index (κ3) is 3.74. The second-order valence-electron chi connectivity index (χ2n) is 5.03. The molecule has 0 aromatic heterocycles. The number of hydrogen-bond donors (Lipinski definition) is 1. The highest BCUT2D eigenvalue weighted by molar-refractivity contribution is 5.78. The first kappa shape index (κ1) is 14.5. The summed E-state index contributed by atoms with van der Waals surface area (Å²) < 4.78 is 5.44. The van der Waals surface area contributed by atoms with Crippen LogP contribution >= 0.6 is 0 Å². The normalized spacial score (nSPS) is 11.2. The maximum Gasteiger partial charge on any atom is 0.260 e. The summed E-state index contributed by atoms with van der Waals surface area (Å²) in [5, 5.41) is 9.20. The second-order valence-corrected chi connectivity index (χ2v) is 5.03. The summed E-state index contributed by atoms with van der Waals surface area (Å²) in [7, 11) is 1.66. The lowest BCUT2D eigenvalue weighted by molar-refractivity contribution is -0.138. The quantitative estimate of drug-likeness (QED) is 0.865. The number of ether oxygens (including phenoxy) is 1. The van der Waals surface area contributed by atoms with Crippen LogP contribution < -0.4 is 4.74 Å². The van der Waals surface area contributed by atoms with Gasteiger partial charge >= 0.3 is 0 Å². The van der Waals surface area contributed by atoms with Gasteiger partial charge in [-0.3, -0.25) is 4.79 Å². The molecule has 1 aromatic carbocycles. The van der Waals surface area contributed by atoms with Crippen molar-refractivity contribution < 1.29 is 14.6 Å². The molecule has 1 N–H and O–H groups in total. The number of carbonyl (C=O) groups excluding carboxylic acids is 1. The van der Waals surface area contributed by atoms with Crippen LogP contribution in [0.15, 0.2) is 24.3 Å². The molecule has 1 amide bonds. The Hall–Kier alpha value is -1.55. The number of amides is 1. The van der Waals surface area contributed by atoms with Crippen molar-refractivity contribution in [2.75, 3.05) is 20.3 Å². The van der Waals surface area contributed by atoms with E-state index in [1.807, 2.05) is 31.2 Å². The van der Waals surface area contributed by atoms with E-state index in [1.54, 1.807) is 20.9 Å². The van der Waals surface area contributed by atoms with E-state index >= 15 is 0 Å². The fraction of sp³-hybridized carbons (Fsp3) is 0.500. The molecule has 0 aliphatic heterocycles. The fourth-order valence-corrected chi connectivity index (χ4v) is 1.39. The van der Waals surface area contributed by atoms with Crippen molar-refractivity contribution in [3.63, 3.8) is 0 Å². The molecular weight excluding hydrogens is 230 g/mol. The summed E-state index contributed by atoms with van der Waals surface area (Å²) >= 11 is 0. The van der Waals surface area contributed by atoms with E-state index in [0.29, 0.717) is 5.75 Å². The number of aliphatic hydroxyl groups excluding tert-OH is 1. The molecule has 0 bridgehead atoms. The highest BCUT2D eigenvalue weighted by Crippen LogP contribution is 2.14. The lowest BCUT2D eigenvalue weighted by Gasteiger charge is -2.33. The number of carbonyl (C=O) groups is 1. The molecule has 4 heteroatoms. The molecule has 0 fully saturated rings. The molecule has 0 saturated carbocycles. The molecule has 0 unspecified atom stereocenters. The Bertz CT molecular complexity index is 415. The molecule has 1 rings (SSSR count). The number of nitrogens with zero attached hydrogens (tertiary/aromatic N) is 1. The molecule has 0 aliphatic rings. The van der Waals surface area contributed by atoms with Crippen molar-refractivity contribution in [1.82, 2.24) is 4.90 Å². The zero-order chi connectivity index (χ0) is 13.8. The third-order valence-electron chi connectivity index (χ3n) is 3.02. The van der Waals surface area contributed by atoms with Gasteiger partial charge in [0.25, 0.3) is 5.91 Å². The van der Waals surface area contributed by atoms with Gasteiger partial charge in [-0.05, 0) is 38.5 Å². The molecule has 0 spiro atoms. The monoisotopic (exact) mass is 251 g/mol. The van der Waals surface area contributed by atoms with E-state index in [4.69, 9.17) is 4.74 Å². The zero-order valence-corrected chi connectivity index (χ0v) is 11.4. The largest absolute Gasteiger partial charge is 0.484 e. The van der Waals surface area contributed by atoms with Gasteiger partial charge in [0.1, 0.15) is 5.75 Å². The number of rotatable bonds is 5. The highest BCUT2D eigenvalue weighted by Gasteiger charge is 2.26. The standard InChI is InChI=1S/C14H21NO3/c1-11-6-5-7-12(8-11)18-9-13(17)15(4)14(2,3)10-16/h5-8,16H,9-10H2,1-4H3. The Balaban J connectivity index is 2.56. The van der Waals surface area contributed by atoms with Crippen LogP contribution in [-0.2, 0) is 4.79 Å². The smallest absolute Gasteiger partial charge is 0.260 e. The average Bonchev–Trinajstić information content (AvgIpc) is 2.35. The summed E-state index contributed by atoms with van der Waals surface area (Å²) in [6.07, 6.45) is 0. The summed E-state index contributed by atoms with van der Waals surface area (Å²) in [4.78, 5) is 13.4. The maximum atomic E-state index is 11.9. The molecular formula is C14H21NO3. The van der Waals surface area contributed by atoms with Crippen LogP contribution in [0.3, 0.4) is 0 Å². The van der Waals surface area contributed by atoms with Gasteiger partial charge in [0.2, 0.25) is 0 Å². The Morgan fingerprint density at radius 2 is 2.11 bits per heavy atom. The Labute approximate surface area is 108 Å². The average molecular weight is 251 g/mol. The summed E-state index contributed by atoms with van der Waals surface area (Å²) in [5.41, 5.74) is 0.511. The van der Waals surface area contributed by atoms with Crippen molar-refractivity contribution in [2.24, 2.45) is 0 Å². The SMILES string of the molecule is Cc1cccc(OCC(=O)N(C)C(C)(C)CO)c1. The topological polar surface area (TPSA) is 49.8 Å². The van der Waals surface area contributed by atoms with Crippen molar-refractivity contribution >= 4 is 5.91 Å². The van der Waals surface area contributed by atoms with Crippen LogP contribution in [0, 0.1) is 6.92 Å². The Morgan fingerprint density at radius 3 is 2.67 bits per heavy atom. The summed E-state index contributed by atoms with van der Waals surface area (Å²) in [6.45, 7) is 5.47. The van der Waals surface area contributed by atoms with E-state index in [2.05, 4.69) is 0 Å². The first-order valence-corrected chi connectivity index (χ1v) is 5.94. The first-order valence-electron chi connectivity index (χ1n) is 5.94. The lowest BCUT2D eigenvalue weighted by Crippen LogP contribution is -2.49. The minimum Gasteiger partial charge on any atom is -0.484 e. The van der Waals surface area contributed by atoms with E-state index in [0.717, 1.165) is 5.56 Å². The van der Waals surface area contributed by atoms with Crippen molar-refractivity contribution in [1.29, 1.82) is 0 Å². The molecule has 0 heterocycles. The van der Waals surface area contributed by atoms with Crippen LogP contribution in [0.4, 0.5) is 0 Å². The van der Waals surface area contributed by atoms with Gasteiger partial charge in [-0.1, -0.05) is 12.1 Å². The molecule has 1 aromatic rings. The van der Waals surface area contributed by atoms with Crippen LogP contribution in [0.5, 0.6) is 5.75 Å². The van der Waals surface area contributed by atoms with E-state index < -0.39 is 5.54 Å². The van der Waals surface area contributed by atoms with Crippen molar-refractivity contribution in [3.8, 4) is 5.75 Å². The van der Waals surface area contributed by atoms with Gasteiger partial charge in [-0.2, -0.15) is 0 Å². The van der Waals surface area contributed by atoms with Crippen molar-refractivity contribution in [2.45, 2.75) is 26.3 Å². The minimum absolute atomic E-state index is 0.0244. The molecule has 18 heavy (non-hydrogen) atoms. The fourth-order valence-electron chi connectivity index (χ4n) is 1.39. The van der Waals surface area contributed by atoms with Crippen LogP contribution in [0.1, 0.15) is 19.4 Å². The van der Waals surface area contributed by atoms with Crippen LogP contribution in [0.2, 0.25) is 0 Å². The summed E-state index contributed by atoms with van der Waals surface area (Å²) in [6, 6.07) is 7.55. The van der Waals surface area contributed by atoms with Gasteiger partial charge in [0, 0.05) is 7.05 Å². The Kier molecular flexibility index (Phi) is 4.73. The summed E-state index contributed by atoms with van der Waals surface area (Å²) in [5.74, 6) is 0.522. The molecule has 0 saturated heterocycles. The zero-order valence-electron chi connectivity index (χ0n) is 11.4. The van der Waals surface area contributed by atoms with Gasteiger partial charge < -0.3 is 14.7 Å². The van der Waals surface area contributed by atoms with Gasteiger partial charge in [0.15, 0.2) is 6.61 Å². The maximum absolute atomic E-state index is 11.9. The Morgan fingerprint density at radius 1 is 1.44 bits per heavy atom. The molecule has 0 radical (unpaired) electrons. The number of aryl methyl sites for hydroxylation is 1. The number of hydrogen-bond acceptors (Lipinski definition) is 3. The van der Waals surface area contributed by atoms with Crippen molar-refractivity contribution in [3.05, 3.63) is 29.8 Å². The van der Waals surface area contributed by atoms with Gasteiger partial charge in [0.05, 0.1) is 12.1 Å². The van der Waals surface area contributed by atoms with Crippen LogP contribution in [0.25, 0.3) is 0 Å². The minimum atomic E-state index is -0.576. The predicted octanol–water partition coefficient (Wildman–Crippen LogP) is 1.60. The first-order chi connectivity index (χ1) is 8.36. The predicted molar refractivity (Wildman–Crippen MR) is 70.6 cm³/mol. The van der Waals surface area contributed by atoms with E-state index in [9.17, 15) is 9.90 Å². The number of aliphatic hydroxyl groups is 1. The van der Waals surface area contributed by atoms with E-state index in [-0.39, 0.29) is 19.1 Å². The second kappa shape index (κ2) is 5.87. The van der Waals surface area contributed by atoms with E-state index in [1.165, 1.54) is 4.90 Å². The van der Waals surface area contributed by atoms with Gasteiger partial charge in [-0.15, -0.1) is 0 Å². The van der Waals surface area contributed by atoms with Gasteiger partial charge in [-0.25, -0.2) is 0 Å². The lowest BCUT2D eigenvalue weighted by atomic mass is 10.1. The highest BCUT2D eigenvalue weighted by atomic mass is 16.5. The molecule has 4 nitrogen and oxygen atoms in total. The molecule has 100 valence electrons.